The molecule has 1 heterocycles. The van der Waals surface area contributed by atoms with Crippen molar-refractivity contribution in [3.8, 4) is 34.1 Å². The average Bonchev–Trinajstić information content (AvgIpc) is 3.65. The minimum atomic E-state index is -4.69. The molecule has 0 bridgehead atoms. The van der Waals surface area contributed by atoms with Crippen LogP contribution >= 0.6 is 22.9 Å². The van der Waals surface area contributed by atoms with E-state index in [9.17, 15) is 26.4 Å². The van der Waals surface area contributed by atoms with Gasteiger partial charge in [-0.1, -0.05) is 41.1 Å². The fourth-order valence-corrected chi connectivity index (χ4v) is 7.36. The number of methoxy groups -OCH3 is 2. The standard InChI is InChI=1S/C35H29ClF4N4O6S2/c1-43(2)14-13-29(45)26-15-22(21-5-9-24(10-6-21)35(38,39)40)8-12-30(26)50-32-18-28(37)33(17-27(32)36)52(46,47)44(34-42-41-20-51-34)19-23-7-11-25(48-3)16-31(23)49-4/h5-18,20H,19H2,1-4H3. The fraction of sp³-hybridized carbons (Fsp3) is 0.171. The highest BCUT2D eigenvalue weighted by Crippen LogP contribution is 2.39. The Kier molecular flexibility index (Phi) is 11.4. The monoisotopic (exact) mass is 776 g/mol. The van der Waals surface area contributed by atoms with E-state index in [1.54, 1.807) is 37.2 Å². The number of anilines is 1. The summed E-state index contributed by atoms with van der Waals surface area (Å²) in [5, 5.41) is 7.26. The molecule has 4 aromatic carbocycles. The van der Waals surface area contributed by atoms with Crippen molar-refractivity contribution in [1.29, 1.82) is 0 Å². The summed E-state index contributed by atoms with van der Waals surface area (Å²) < 4.78 is 101. The molecule has 0 unspecified atom stereocenters. The summed E-state index contributed by atoms with van der Waals surface area (Å²) in [5.41, 5.74) is 1.64. The number of allylic oxidation sites excluding steroid dienone is 1. The number of ketones is 1. The fourth-order valence-electron chi connectivity index (χ4n) is 4.84. The van der Waals surface area contributed by atoms with Crippen LogP contribution < -0.4 is 18.5 Å². The van der Waals surface area contributed by atoms with Crippen LogP contribution in [0.15, 0.2) is 95.5 Å². The number of nitrogens with zero attached hydrogens (tertiary/aromatic N) is 4. The SMILES string of the molecule is COc1ccc(CN(c2nncs2)S(=O)(=O)c2cc(Cl)c(Oc3ccc(-c4ccc(C(F)(F)F)cc4)cc3C(=O)C=CN(C)C)cc2F)c(OC)c1. The number of alkyl halides is 3. The Morgan fingerprint density at radius 2 is 1.63 bits per heavy atom. The average molecular weight is 777 g/mol. The molecule has 272 valence electrons. The number of benzene rings is 4. The summed E-state index contributed by atoms with van der Waals surface area (Å²) in [6.45, 7) is -0.322. The van der Waals surface area contributed by atoms with Crippen molar-refractivity contribution >= 4 is 43.9 Å². The molecule has 0 N–H and O–H groups in total. The lowest BCUT2D eigenvalue weighted by Crippen LogP contribution is -2.31. The molecule has 5 rings (SSSR count). The Bertz CT molecular complexity index is 2220. The molecular formula is C35H29ClF4N4O6S2. The molecule has 0 saturated heterocycles. The number of aromatic nitrogens is 2. The third-order valence-electron chi connectivity index (χ3n) is 7.46. The van der Waals surface area contributed by atoms with Crippen molar-refractivity contribution < 1.29 is 45.0 Å². The molecule has 0 aliphatic carbocycles. The topological polar surface area (TPSA) is 111 Å². The highest BCUT2D eigenvalue weighted by Gasteiger charge is 2.33. The van der Waals surface area contributed by atoms with Gasteiger partial charge in [-0.25, -0.2) is 17.1 Å². The van der Waals surface area contributed by atoms with Gasteiger partial charge in [-0.3, -0.25) is 4.79 Å². The molecule has 10 nitrogen and oxygen atoms in total. The zero-order valence-electron chi connectivity index (χ0n) is 27.8. The van der Waals surface area contributed by atoms with Gasteiger partial charge in [-0.15, -0.1) is 10.2 Å². The van der Waals surface area contributed by atoms with E-state index in [1.807, 2.05) is 0 Å². The van der Waals surface area contributed by atoms with Gasteiger partial charge in [0.05, 0.1) is 36.9 Å². The summed E-state index contributed by atoms with van der Waals surface area (Å²) in [7, 11) is 1.56. The first-order chi connectivity index (χ1) is 24.6. The largest absolute Gasteiger partial charge is 0.497 e. The Labute approximate surface area is 305 Å². The second kappa shape index (κ2) is 15.6. The van der Waals surface area contributed by atoms with Gasteiger partial charge in [0, 0.05) is 44.1 Å². The molecule has 52 heavy (non-hydrogen) atoms. The molecule has 0 fully saturated rings. The van der Waals surface area contributed by atoms with E-state index in [4.69, 9.17) is 25.8 Å². The van der Waals surface area contributed by atoms with Gasteiger partial charge in [-0.2, -0.15) is 13.2 Å². The number of hydrogen-bond acceptors (Lipinski definition) is 10. The zero-order valence-corrected chi connectivity index (χ0v) is 30.2. The van der Waals surface area contributed by atoms with Gasteiger partial charge in [0.15, 0.2) is 5.78 Å². The maximum absolute atomic E-state index is 15.9. The van der Waals surface area contributed by atoms with Gasteiger partial charge in [0.25, 0.3) is 10.0 Å². The first-order valence-corrected chi connectivity index (χ1v) is 17.7. The Balaban J connectivity index is 1.52. The van der Waals surface area contributed by atoms with Crippen LogP contribution in [0.3, 0.4) is 0 Å². The van der Waals surface area contributed by atoms with E-state index < -0.39 is 38.3 Å². The van der Waals surface area contributed by atoms with Gasteiger partial charge in [-0.05, 0) is 53.6 Å². The Morgan fingerprint density at radius 1 is 0.923 bits per heavy atom. The summed E-state index contributed by atoms with van der Waals surface area (Å²) in [5.74, 6) is -1.39. The van der Waals surface area contributed by atoms with Gasteiger partial charge < -0.3 is 19.1 Å². The van der Waals surface area contributed by atoms with Crippen molar-refractivity contribution in [1.82, 2.24) is 15.1 Å². The molecule has 0 radical (unpaired) electrons. The maximum atomic E-state index is 15.9. The van der Waals surface area contributed by atoms with Gasteiger partial charge in [0.2, 0.25) is 5.13 Å². The van der Waals surface area contributed by atoms with Crippen LogP contribution in [0.2, 0.25) is 5.02 Å². The minimum absolute atomic E-state index is 0.0282. The molecule has 0 atom stereocenters. The Morgan fingerprint density at radius 3 is 2.25 bits per heavy atom. The van der Waals surface area contributed by atoms with E-state index in [0.717, 1.165) is 39.9 Å². The number of ether oxygens (including phenoxy) is 3. The van der Waals surface area contributed by atoms with Crippen molar-refractivity contribution in [3.05, 3.63) is 118 Å². The maximum Gasteiger partial charge on any atom is 0.416 e. The second-order valence-electron chi connectivity index (χ2n) is 11.2. The first-order valence-electron chi connectivity index (χ1n) is 15.0. The molecule has 0 aliphatic rings. The predicted molar refractivity (Wildman–Crippen MR) is 188 cm³/mol. The van der Waals surface area contributed by atoms with Crippen LogP contribution in [0.5, 0.6) is 23.0 Å². The zero-order chi connectivity index (χ0) is 37.8. The lowest BCUT2D eigenvalue weighted by atomic mass is 9.99. The van der Waals surface area contributed by atoms with Crippen molar-refractivity contribution in [2.45, 2.75) is 17.6 Å². The normalized spacial score (nSPS) is 11.8. The molecular weight excluding hydrogens is 748 g/mol. The summed E-state index contributed by atoms with van der Waals surface area (Å²) >= 11 is 7.42. The molecule has 0 spiro atoms. The molecule has 1 aromatic heterocycles. The van der Waals surface area contributed by atoms with E-state index in [-0.39, 0.29) is 33.8 Å². The van der Waals surface area contributed by atoms with Crippen molar-refractivity contribution in [2.24, 2.45) is 0 Å². The minimum Gasteiger partial charge on any atom is -0.497 e. The van der Waals surface area contributed by atoms with Crippen LogP contribution in [0.4, 0.5) is 22.7 Å². The quantitative estimate of drug-likeness (QED) is 0.0661. The van der Waals surface area contributed by atoms with Crippen molar-refractivity contribution in [2.75, 3.05) is 32.6 Å². The number of carbonyl (C=O) groups is 1. The van der Waals surface area contributed by atoms with Crippen LogP contribution in [-0.2, 0) is 22.7 Å². The Hall–Kier alpha value is -5.19. The molecule has 5 aromatic rings. The third-order valence-corrected chi connectivity index (χ3v) is 10.3. The smallest absolute Gasteiger partial charge is 0.416 e. The summed E-state index contributed by atoms with van der Waals surface area (Å²) in [6.07, 6.45) is -1.80. The summed E-state index contributed by atoms with van der Waals surface area (Å²) in [4.78, 5) is 14.1. The predicted octanol–water partition coefficient (Wildman–Crippen LogP) is 8.48. The lowest BCUT2D eigenvalue weighted by Gasteiger charge is -2.23. The molecule has 0 saturated carbocycles. The second-order valence-corrected chi connectivity index (χ2v) is 14.2. The van der Waals surface area contributed by atoms with E-state index in [0.29, 0.717) is 28.2 Å². The van der Waals surface area contributed by atoms with Gasteiger partial charge >= 0.3 is 6.18 Å². The summed E-state index contributed by atoms with van der Waals surface area (Å²) in [6, 6.07) is 15.1. The number of sulfonamides is 1. The van der Waals surface area contributed by atoms with E-state index in [2.05, 4.69) is 10.2 Å². The highest BCUT2D eigenvalue weighted by atomic mass is 35.5. The van der Waals surface area contributed by atoms with Crippen LogP contribution in [0.1, 0.15) is 21.5 Å². The number of halogens is 5. The van der Waals surface area contributed by atoms with Crippen LogP contribution in [0, 0.1) is 5.82 Å². The molecule has 0 aliphatic heterocycles. The van der Waals surface area contributed by atoms with Crippen molar-refractivity contribution in [3.63, 3.8) is 0 Å². The number of carbonyl (C=O) groups excluding carboxylic acids is 1. The lowest BCUT2D eigenvalue weighted by molar-refractivity contribution is -0.137. The van der Waals surface area contributed by atoms with Gasteiger partial charge in [0.1, 0.15) is 39.2 Å². The first kappa shape index (κ1) is 38.1. The third kappa shape index (κ3) is 8.46. The van der Waals surface area contributed by atoms with E-state index >= 15 is 4.39 Å². The molecule has 17 heteroatoms. The highest BCUT2D eigenvalue weighted by molar-refractivity contribution is 7.93. The number of hydrogen-bond donors (Lipinski definition) is 0. The van der Waals surface area contributed by atoms with E-state index in [1.165, 1.54) is 62.3 Å². The molecule has 0 amide bonds. The number of rotatable bonds is 13. The van der Waals surface area contributed by atoms with Crippen LogP contribution in [-0.4, -0.2) is 57.6 Å². The van der Waals surface area contributed by atoms with Crippen LogP contribution in [0.25, 0.3) is 11.1 Å².